The Hall–Kier alpha value is -2.69. The molecule has 0 spiro atoms. The highest BCUT2D eigenvalue weighted by Gasteiger charge is 2.39. The summed E-state index contributed by atoms with van der Waals surface area (Å²) in [6.45, 7) is 4.26. The van der Waals surface area contributed by atoms with Gasteiger partial charge in [0.25, 0.3) is 5.91 Å². The topological polar surface area (TPSA) is 56.8 Å². The molecule has 0 fully saturated rings. The first-order valence-electron chi connectivity index (χ1n) is 9.36. The van der Waals surface area contributed by atoms with Crippen molar-refractivity contribution in [3.8, 4) is 17.2 Å². The van der Waals surface area contributed by atoms with E-state index in [0.29, 0.717) is 17.1 Å². The number of carbonyl (C=O) groups excluding carboxylic acids is 1. The van der Waals surface area contributed by atoms with Gasteiger partial charge in [-0.25, -0.2) is 0 Å². The second-order valence-electron chi connectivity index (χ2n) is 6.86. The van der Waals surface area contributed by atoms with Crippen molar-refractivity contribution in [2.24, 2.45) is 0 Å². The number of ether oxygens (including phenoxy) is 3. The maximum Gasteiger partial charge on any atom is 0.252 e. The van der Waals surface area contributed by atoms with E-state index in [1.54, 1.807) is 32.4 Å². The van der Waals surface area contributed by atoms with E-state index in [-0.39, 0.29) is 17.6 Å². The highest BCUT2D eigenvalue weighted by molar-refractivity contribution is 5.95. The number of rotatable bonds is 6. The summed E-state index contributed by atoms with van der Waals surface area (Å²) in [5, 5.41) is 3.19. The number of nitrogens with one attached hydrogen (secondary N) is 1. The van der Waals surface area contributed by atoms with Gasteiger partial charge in [0.1, 0.15) is 22.8 Å². The SMILES string of the molecule is CCC1(CC)C[C@H](NC(=O)c2cc(OC)cc(OC)c2)c2ccccc2O1. The molecular weight excluding hydrogens is 342 g/mol. The van der Waals surface area contributed by atoms with Gasteiger partial charge in [-0.05, 0) is 31.0 Å². The molecule has 0 saturated heterocycles. The number of benzene rings is 2. The third-order valence-corrected chi connectivity index (χ3v) is 5.40. The molecule has 0 aromatic heterocycles. The molecule has 3 rings (SSSR count). The van der Waals surface area contributed by atoms with Crippen LogP contribution in [0.25, 0.3) is 0 Å². The molecule has 27 heavy (non-hydrogen) atoms. The minimum absolute atomic E-state index is 0.112. The smallest absolute Gasteiger partial charge is 0.252 e. The Bertz CT molecular complexity index is 791. The molecule has 0 aliphatic carbocycles. The number of fused-ring (bicyclic) bond motifs is 1. The van der Waals surface area contributed by atoms with Crippen molar-refractivity contribution >= 4 is 5.91 Å². The predicted octanol–water partition coefficient (Wildman–Crippen LogP) is 4.52. The van der Waals surface area contributed by atoms with Gasteiger partial charge in [-0.2, -0.15) is 0 Å². The maximum absolute atomic E-state index is 13.0. The quantitative estimate of drug-likeness (QED) is 0.814. The molecule has 1 heterocycles. The Balaban J connectivity index is 1.91. The summed E-state index contributed by atoms with van der Waals surface area (Å²) >= 11 is 0. The van der Waals surface area contributed by atoms with Gasteiger partial charge in [0.15, 0.2) is 0 Å². The summed E-state index contributed by atoms with van der Waals surface area (Å²) in [7, 11) is 3.14. The third kappa shape index (κ3) is 3.87. The highest BCUT2D eigenvalue weighted by Crippen LogP contribution is 2.42. The van der Waals surface area contributed by atoms with Crippen molar-refractivity contribution in [2.75, 3.05) is 14.2 Å². The summed E-state index contributed by atoms with van der Waals surface area (Å²) < 4.78 is 16.9. The lowest BCUT2D eigenvalue weighted by Gasteiger charge is -2.41. The van der Waals surface area contributed by atoms with E-state index in [1.807, 2.05) is 24.3 Å². The third-order valence-electron chi connectivity index (χ3n) is 5.40. The fraction of sp³-hybridized carbons (Fsp3) is 0.409. The van der Waals surface area contributed by atoms with Crippen LogP contribution in [-0.4, -0.2) is 25.7 Å². The van der Waals surface area contributed by atoms with Crippen LogP contribution in [0.15, 0.2) is 42.5 Å². The first-order valence-corrected chi connectivity index (χ1v) is 9.36. The normalized spacial score (nSPS) is 17.4. The van der Waals surface area contributed by atoms with E-state index < -0.39 is 0 Å². The van der Waals surface area contributed by atoms with E-state index in [4.69, 9.17) is 14.2 Å². The van der Waals surface area contributed by atoms with Crippen LogP contribution in [0.5, 0.6) is 17.2 Å². The van der Waals surface area contributed by atoms with E-state index >= 15 is 0 Å². The van der Waals surface area contributed by atoms with Crippen molar-refractivity contribution in [3.63, 3.8) is 0 Å². The Kier molecular flexibility index (Phi) is 5.59. The van der Waals surface area contributed by atoms with Gasteiger partial charge in [-0.3, -0.25) is 4.79 Å². The highest BCUT2D eigenvalue weighted by atomic mass is 16.5. The Morgan fingerprint density at radius 1 is 1.11 bits per heavy atom. The second kappa shape index (κ2) is 7.91. The van der Waals surface area contributed by atoms with Gasteiger partial charge in [0.05, 0.1) is 20.3 Å². The fourth-order valence-electron chi connectivity index (χ4n) is 3.61. The van der Waals surface area contributed by atoms with Crippen molar-refractivity contribution in [1.29, 1.82) is 0 Å². The molecule has 0 unspecified atom stereocenters. The molecule has 2 aromatic carbocycles. The lowest BCUT2D eigenvalue weighted by Crippen LogP contribution is -2.44. The second-order valence-corrected chi connectivity index (χ2v) is 6.86. The average Bonchev–Trinajstić information content (AvgIpc) is 2.72. The molecule has 5 heteroatoms. The van der Waals surface area contributed by atoms with Gasteiger partial charge in [0, 0.05) is 23.6 Å². The molecule has 1 N–H and O–H groups in total. The first-order chi connectivity index (χ1) is 13.0. The summed E-state index contributed by atoms with van der Waals surface area (Å²) in [4.78, 5) is 13.0. The van der Waals surface area contributed by atoms with Gasteiger partial charge in [0.2, 0.25) is 0 Å². The molecule has 1 aliphatic rings. The van der Waals surface area contributed by atoms with Crippen molar-refractivity contribution < 1.29 is 19.0 Å². The van der Waals surface area contributed by atoms with Gasteiger partial charge in [-0.15, -0.1) is 0 Å². The van der Waals surface area contributed by atoms with Crippen LogP contribution in [0, 0.1) is 0 Å². The Morgan fingerprint density at radius 2 is 1.74 bits per heavy atom. The molecule has 1 atom stereocenters. The molecule has 2 aromatic rings. The summed E-state index contributed by atoms with van der Waals surface area (Å²) in [6.07, 6.45) is 2.51. The van der Waals surface area contributed by atoms with Crippen LogP contribution in [-0.2, 0) is 0 Å². The molecule has 1 aliphatic heterocycles. The Labute approximate surface area is 160 Å². The van der Waals surface area contributed by atoms with Crippen LogP contribution in [0.1, 0.15) is 55.1 Å². The van der Waals surface area contributed by atoms with E-state index in [1.165, 1.54) is 0 Å². The lowest BCUT2D eigenvalue weighted by atomic mass is 9.83. The molecule has 144 valence electrons. The van der Waals surface area contributed by atoms with Crippen LogP contribution in [0.4, 0.5) is 0 Å². The molecule has 0 bridgehead atoms. The number of para-hydroxylation sites is 1. The van der Waals surface area contributed by atoms with E-state index in [2.05, 4.69) is 19.2 Å². The standard InChI is InChI=1S/C22H27NO4/c1-5-22(6-2)14-19(18-9-7-8-10-20(18)27-22)23-21(24)15-11-16(25-3)13-17(12-15)26-4/h7-13,19H,5-6,14H2,1-4H3,(H,23,24)/t19-/m0/s1. The predicted molar refractivity (Wildman–Crippen MR) is 105 cm³/mol. The van der Waals surface area contributed by atoms with E-state index in [9.17, 15) is 4.79 Å². The van der Waals surface area contributed by atoms with E-state index in [0.717, 1.165) is 30.6 Å². The number of carbonyl (C=O) groups is 1. The fourth-order valence-corrected chi connectivity index (χ4v) is 3.61. The number of hydrogen-bond donors (Lipinski definition) is 1. The number of methoxy groups -OCH3 is 2. The average molecular weight is 369 g/mol. The van der Waals surface area contributed by atoms with Crippen molar-refractivity contribution in [3.05, 3.63) is 53.6 Å². The number of amides is 1. The zero-order valence-electron chi connectivity index (χ0n) is 16.4. The van der Waals surface area contributed by atoms with Crippen molar-refractivity contribution in [1.82, 2.24) is 5.32 Å². The monoisotopic (exact) mass is 369 g/mol. The van der Waals surface area contributed by atoms with Crippen LogP contribution < -0.4 is 19.5 Å². The van der Waals surface area contributed by atoms with Gasteiger partial charge < -0.3 is 19.5 Å². The minimum atomic E-state index is -0.266. The van der Waals surface area contributed by atoms with Crippen LogP contribution in [0.2, 0.25) is 0 Å². The molecular formula is C22H27NO4. The summed E-state index contributed by atoms with van der Waals surface area (Å²) in [6, 6.07) is 13.0. The van der Waals surface area contributed by atoms with Crippen LogP contribution >= 0.6 is 0 Å². The molecule has 0 radical (unpaired) electrons. The summed E-state index contributed by atoms with van der Waals surface area (Å²) in [5.41, 5.74) is 1.25. The van der Waals surface area contributed by atoms with Gasteiger partial charge in [-0.1, -0.05) is 32.0 Å². The van der Waals surface area contributed by atoms with Crippen molar-refractivity contribution in [2.45, 2.75) is 44.8 Å². The minimum Gasteiger partial charge on any atom is -0.497 e. The largest absolute Gasteiger partial charge is 0.497 e. The van der Waals surface area contributed by atoms with Crippen LogP contribution in [0.3, 0.4) is 0 Å². The Morgan fingerprint density at radius 3 is 2.33 bits per heavy atom. The molecule has 1 amide bonds. The molecule has 0 saturated carbocycles. The zero-order chi connectivity index (χ0) is 19.4. The summed E-state index contributed by atoms with van der Waals surface area (Å²) in [5.74, 6) is 1.86. The van der Waals surface area contributed by atoms with Gasteiger partial charge >= 0.3 is 0 Å². The number of hydrogen-bond acceptors (Lipinski definition) is 4. The zero-order valence-corrected chi connectivity index (χ0v) is 16.4. The lowest BCUT2D eigenvalue weighted by molar-refractivity contribution is 0.0227. The first kappa shape index (κ1) is 19.1. The maximum atomic E-state index is 13.0. The molecule has 5 nitrogen and oxygen atoms in total.